The molecule has 0 atom stereocenters. The standard InChI is InChI=1S/2C14H15.2C6H5.2ClH.GeH2.Zr/c2*1-3-12-7-9-13(10-8-12)14-6-4-5-11(14)2;2*1-2-4-6-5-3-1;;;;/h2*6-10H,3-4H2,1-2H3;2*1-5H;2*1H;1H2;/q4*-1;;;;. The first-order chi connectivity index (χ1) is 20.6. The summed E-state index contributed by atoms with van der Waals surface area (Å²) in [7, 11) is 0. The Morgan fingerprint density at radius 3 is 1.05 bits per heavy atom. The molecule has 6 rings (SSSR count). The van der Waals surface area contributed by atoms with Crippen molar-refractivity contribution >= 4 is 48.1 Å². The van der Waals surface area contributed by atoms with Gasteiger partial charge in [-0.1, -0.05) is 76.2 Å². The first-order valence-electron chi connectivity index (χ1n) is 14.5. The zero-order chi connectivity index (χ0) is 30.4. The minimum Gasteiger partial charge on any atom is -0.184 e. The van der Waals surface area contributed by atoms with Crippen molar-refractivity contribution in [3.8, 4) is 0 Å². The molecular formula is C40H44Cl2GeZr-4. The Hall–Kier alpha value is -2.15. The zero-order valence-electron chi connectivity index (χ0n) is 26.4. The average molecular weight is 760 g/mol. The molecule has 0 fully saturated rings. The van der Waals surface area contributed by atoms with Crippen LogP contribution in [0.4, 0.5) is 0 Å². The van der Waals surface area contributed by atoms with Crippen LogP contribution in [0, 0.1) is 24.3 Å². The second-order valence-corrected chi connectivity index (χ2v) is 9.50. The van der Waals surface area contributed by atoms with E-state index < -0.39 is 0 Å². The molecule has 0 saturated carbocycles. The van der Waals surface area contributed by atoms with Crippen LogP contribution in [0.1, 0.15) is 62.8 Å². The number of aryl methyl sites for hydroxylation is 2. The van der Waals surface area contributed by atoms with Gasteiger partial charge >= 0.3 is 33.7 Å². The van der Waals surface area contributed by atoms with Gasteiger partial charge in [-0.3, -0.25) is 12.2 Å². The van der Waals surface area contributed by atoms with Crippen LogP contribution in [0.3, 0.4) is 0 Å². The Morgan fingerprint density at radius 2 is 0.864 bits per heavy atom. The summed E-state index contributed by atoms with van der Waals surface area (Å²) in [6.45, 7) is 8.63. The van der Waals surface area contributed by atoms with Gasteiger partial charge in [0.05, 0.1) is 0 Å². The molecule has 2 aliphatic carbocycles. The van der Waals surface area contributed by atoms with Crippen LogP contribution in [0.5, 0.6) is 0 Å². The van der Waals surface area contributed by atoms with Crippen molar-refractivity contribution in [3.63, 3.8) is 0 Å². The molecule has 2 aliphatic rings. The monoisotopic (exact) mass is 758 g/mol. The molecule has 0 N–H and O–H groups in total. The minimum absolute atomic E-state index is 0. The number of hydrogen-bond donors (Lipinski definition) is 0. The van der Waals surface area contributed by atoms with E-state index >= 15 is 0 Å². The summed E-state index contributed by atoms with van der Waals surface area (Å²) in [5.41, 5.74) is 10.7. The summed E-state index contributed by atoms with van der Waals surface area (Å²) in [5, 5.41) is 0. The van der Waals surface area contributed by atoms with Gasteiger partial charge in [-0.25, -0.2) is 11.1 Å². The minimum atomic E-state index is 0. The van der Waals surface area contributed by atoms with Gasteiger partial charge in [0, 0.05) is 0 Å². The van der Waals surface area contributed by atoms with E-state index in [-0.39, 0.29) is 24.8 Å². The molecule has 0 nitrogen and oxygen atoms in total. The number of allylic oxidation sites excluding steroid dienone is 8. The van der Waals surface area contributed by atoms with Crippen molar-refractivity contribution in [3.05, 3.63) is 179 Å². The van der Waals surface area contributed by atoms with Gasteiger partial charge in [-0.2, -0.15) is 96.1 Å². The van der Waals surface area contributed by atoms with Crippen LogP contribution in [-0.2, 0) is 34.4 Å². The van der Waals surface area contributed by atoms with Crippen molar-refractivity contribution in [1.29, 1.82) is 0 Å². The topological polar surface area (TPSA) is 0 Å². The van der Waals surface area contributed by atoms with Crippen molar-refractivity contribution < 1.29 is 21.6 Å². The van der Waals surface area contributed by atoms with Gasteiger partial charge in [0.2, 0.25) is 0 Å². The average Bonchev–Trinajstić information content (AvgIpc) is 3.72. The third-order valence-electron chi connectivity index (χ3n) is 6.72. The Labute approximate surface area is 299 Å². The molecule has 44 heavy (non-hydrogen) atoms. The molecule has 4 heteroatoms. The van der Waals surface area contributed by atoms with Gasteiger partial charge in [-0.15, -0.1) is 48.8 Å². The van der Waals surface area contributed by atoms with E-state index in [0.29, 0.717) is 0 Å². The predicted molar refractivity (Wildman–Crippen MR) is 195 cm³/mol. The van der Waals surface area contributed by atoms with Crippen LogP contribution in [0.15, 0.2) is 132 Å². The van der Waals surface area contributed by atoms with Crippen LogP contribution in [-0.4, -0.2) is 12.1 Å². The molecule has 0 amide bonds. The summed E-state index contributed by atoms with van der Waals surface area (Å²) in [6, 6.07) is 42.7. The number of halogens is 2. The Bertz CT molecular complexity index is 1240. The summed E-state index contributed by atoms with van der Waals surface area (Å²) in [6.07, 6.45) is 15.3. The number of benzene rings is 4. The first-order valence-corrected chi connectivity index (χ1v) is 25.1. The SMILES string of the molecule is CCc1ccc(C2=CC[C-]=C2C)cc1.CCc1ccc(C2=CC[C-]=C2C)cc1.Cl.Cl.[GeH2]=[Zr].[c-]1ccccc1.[c-]1ccccc1. The molecule has 0 unspecified atom stereocenters. The fourth-order valence-electron chi connectivity index (χ4n) is 4.30. The van der Waals surface area contributed by atoms with Gasteiger partial charge in [0.15, 0.2) is 0 Å². The van der Waals surface area contributed by atoms with E-state index in [1.807, 2.05) is 60.7 Å². The molecule has 0 spiro atoms. The largest absolute Gasteiger partial charge is 0.184 e. The fourth-order valence-corrected chi connectivity index (χ4v) is 4.30. The van der Waals surface area contributed by atoms with Gasteiger partial charge < -0.3 is 0 Å². The maximum absolute atomic E-state index is 3.32. The summed E-state index contributed by atoms with van der Waals surface area (Å²) < 4.78 is 0. The quantitative estimate of drug-likeness (QED) is 0.144. The summed E-state index contributed by atoms with van der Waals surface area (Å²) in [5.74, 6) is 0. The molecule has 0 radical (unpaired) electrons. The molecule has 230 valence electrons. The van der Waals surface area contributed by atoms with E-state index in [4.69, 9.17) is 0 Å². The third kappa shape index (κ3) is 15.7. The maximum atomic E-state index is 3.32. The smallest absolute Gasteiger partial charge is 0.171 e. The normalized spacial score (nSPS) is 12.0. The van der Waals surface area contributed by atoms with Crippen molar-refractivity contribution in [2.75, 3.05) is 0 Å². The zero-order valence-corrected chi connectivity index (χ0v) is 33.5. The van der Waals surface area contributed by atoms with E-state index in [1.54, 1.807) is 21.6 Å². The number of hydrogen-bond acceptors (Lipinski definition) is 0. The maximum Gasteiger partial charge on any atom is -0.171 e. The summed E-state index contributed by atoms with van der Waals surface area (Å²) >= 11 is 3.14. The Kier molecular flexibility index (Phi) is 24.8. The van der Waals surface area contributed by atoms with E-state index in [9.17, 15) is 0 Å². The molecule has 0 bridgehead atoms. The molecule has 0 aliphatic heterocycles. The molecule has 4 aromatic carbocycles. The Balaban J connectivity index is 0.000000576. The molecule has 0 aromatic heterocycles. The van der Waals surface area contributed by atoms with Crippen molar-refractivity contribution in [1.82, 2.24) is 0 Å². The Morgan fingerprint density at radius 1 is 0.545 bits per heavy atom. The van der Waals surface area contributed by atoms with Crippen LogP contribution in [0.25, 0.3) is 11.1 Å². The van der Waals surface area contributed by atoms with Crippen LogP contribution < -0.4 is 0 Å². The summed E-state index contributed by atoms with van der Waals surface area (Å²) in [4.78, 5) is 0. The van der Waals surface area contributed by atoms with E-state index in [0.717, 1.165) is 25.7 Å². The molecule has 0 heterocycles. The molecular weight excluding hydrogens is 715 g/mol. The van der Waals surface area contributed by atoms with Crippen molar-refractivity contribution in [2.45, 2.75) is 53.4 Å². The molecule has 0 saturated heterocycles. The van der Waals surface area contributed by atoms with Gasteiger partial charge in [0.25, 0.3) is 0 Å². The van der Waals surface area contributed by atoms with Crippen LogP contribution in [0.2, 0.25) is 0 Å². The second kappa shape index (κ2) is 26.1. The number of rotatable bonds is 4. The molecule has 4 aromatic rings. The van der Waals surface area contributed by atoms with E-state index in [1.165, 1.54) is 56.7 Å². The van der Waals surface area contributed by atoms with Crippen LogP contribution >= 0.6 is 24.8 Å². The third-order valence-corrected chi connectivity index (χ3v) is 6.72. The predicted octanol–water partition coefficient (Wildman–Crippen LogP) is 10.5. The first kappa shape index (κ1) is 41.8. The van der Waals surface area contributed by atoms with Gasteiger partial charge in [-0.05, 0) is 24.0 Å². The van der Waals surface area contributed by atoms with Gasteiger partial charge in [0.1, 0.15) is 0 Å². The fraction of sp³-hybridized carbons (Fsp3) is 0.200. The van der Waals surface area contributed by atoms with Crippen molar-refractivity contribution in [2.24, 2.45) is 0 Å². The second-order valence-electron chi connectivity index (χ2n) is 9.50. The van der Waals surface area contributed by atoms with E-state index in [2.05, 4.69) is 113 Å².